The van der Waals surface area contributed by atoms with Gasteiger partial charge >= 0.3 is 17.9 Å². The normalized spacial score (nSPS) is 23.9. The topological polar surface area (TPSA) is 162 Å². The molecule has 6 aromatic carbocycles. The molecule has 2 aliphatic heterocycles. The summed E-state index contributed by atoms with van der Waals surface area (Å²) in [7, 11) is 1.52. The van der Waals surface area contributed by atoms with E-state index >= 15 is 0 Å². The van der Waals surface area contributed by atoms with Gasteiger partial charge in [0.25, 0.3) is 0 Å². The molecule has 8 rings (SSSR count). The summed E-state index contributed by atoms with van der Waals surface area (Å²) in [5.41, 5.74) is 4.10. The van der Waals surface area contributed by atoms with Gasteiger partial charge in [0, 0.05) is 14.0 Å². The molecule has 11 atom stereocenters. The summed E-state index contributed by atoms with van der Waals surface area (Å²) in [4.78, 5) is 41.4. The maximum Gasteiger partial charge on any atom is 0.339 e. The number of esters is 3. The van der Waals surface area contributed by atoms with Crippen LogP contribution in [0.15, 0.2) is 182 Å². The first kappa shape index (κ1) is 54.6. The van der Waals surface area contributed by atoms with Crippen LogP contribution in [-0.4, -0.2) is 106 Å². The summed E-state index contributed by atoms with van der Waals surface area (Å²) in [5, 5.41) is 0. The van der Waals surface area contributed by atoms with Gasteiger partial charge in [-0.2, -0.15) is 0 Å². The van der Waals surface area contributed by atoms with Gasteiger partial charge in [-0.1, -0.05) is 170 Å². The molecule has 15 nitrogen and oxygen atoms in total. The van der Waals surface area contributed by atoms with Gasteiger partial charge in [-0.3, -0.25) is 4.79 Å². The lowest BCUT2D eigenvalue weighted by atomic mass is 9.95. The van der Waals surface area contributed by atoms with Gasteiger partial charge in [-0.15, -0.1) is 0 Å². The summed E-state index contributed by atoms with van der Waals surface area (Å²) in [6, 6.07) is 55.5. The minimum atomic E-state index is -1.57. The lowest BCUT2D eigenvalue weighted by molar-refractivity contribution is -0.373. The summed E-state index contributed by atoms with van der Waals surface area (Å²) in [6.45, 7) is 3.07. The second kappa shape index (κ2) is 28.3. The molecule has 2 fully saturated rings. The molecular formula is C60H64O15. The number of rotatable bonds is 25. The molecule has 0 unspecified atom stereocenters. The van der Waals surface area contributed by atoms with Crippen molar-refractivity contribution in [3.05, 3.63) is 215 Å². The van der Waals surface area contributed by atoms with Crippen molar-refractivity contribution in [2.75, 3.05) is 26.9 Å². The summed E-state index contributed by atoms with van der Waals surface area (Å²) < 4.78 is 78.9. The zero-order chi connectivity index (χ0) is 52.2. The third-order valence-corrected chi connectivity index (χ3v) is 12.6. The number of methoxy groups -OCH3 is 1. The van der Waals surface area contributed by atoms with Crippen LogP contribution in [0.25, 0.3) is 0 Å². The molecule has 15 heteroatoms. The Hall–Kier alpha value is -6.63. The van der Waals surface area contributed by atoms with Crippen molar-refractivity contribution in [3.63, 3.8) is 0 Å². The van der Waals surface area contributed by atoms with Gasteiger partial charge in [0.15, 0.2) is 24.8 Å². The van der Waals surface area contributed by atoms with E-state index in [0.717, 1.165) is 22.3 Å². The van der Waals surface area contributed by atoms with Gasteiger partial charge in [0.2, 0.25) is 0 Å². The monoisotopic (exact) mass is 1020 g/mol. The first-order valence-corrected chi connectivity index (χ1v) is 25.1. The second-order valence-electron chi connectivity index (χ2n) is 17.9. The molecule has 0 spiro atoms. The van der Waals surface area contributed by atoms with Crippen LogP contribution in [0.5, 0.6) is 0 Å². The highest BCUT2D eigenvalue weighted by Gasteiger charge is 2.56. The molecule has 0 radical (unpaired) electrons. The maximum atomic E-state index is 14.5. The Morgan fingerprint density at radius 2 is 0.960 bits per heavy atom. The van der Waals surface area contributed by atoms with Crippen molar-refractivity contribution < 1.29 is 71.2 Å². The van der Waals surface area contributed by atoms with E-state index in [-0.39, 0.29) is 51.8 Å². The lowest BCUT2D eigenvalue weighted by Gasteiger charge is -2.50. The predicted molar refractivity (Wildman–Crippen MR) is 273 cm³/mol. The summed E-state index contributed by atoms with van der Waals surface area (Å²) in [5.74, 6) is -2.07. The van der Waals surface area contributed by atoms with Crippen molar-refractivity contribution in [2.45, 2.75) is 108 Å². The number of hydrogen-bond donors (Lipinski definition) is 0. The van der Waals surface area contributed by atoms with E-state index < -0.39 is 85.4 Å². The van der Waals surface area contributed by atoms with E-state index in [1.807, 2.05) is 121 Å². The largest absolute Gasteiger partial charge is 0.464 e. The minimum Gasteiger partial charge on any atom is -0.464 e. The molecule has 2 aliphatic rings. The fraction of sp³-hybridized carbons (Fsp3) is 0.350. The van der Waals surface area contributed by atoms with Gasteiger partial charge < -0.3 is 56.8 Å². The van der Waals surface area contributed by atoms with Gasteiger partial charge in [-0.25, -0.2) is 9.59 Å². The van der Waals surface area contributed by atoms with Crippen LogP contribution < -0.4 is 0 Å². The molecule has 0 amide bonds. The fourth-order valence-corrected chi connectivity index (χ4v) is 8.90. The van der Waals surface area contributed by atoms with Crippen molar-refractivity contribution in [1.29, 1.82) is 0 Å². The zero-order valence-electron chi connectivity index (χ0n) is 42.2. The van der Waals surface area contributed by atoms with Crippen molar-refractivity contribution in [1.82, 2.24) is 0 Å². The SMILES string of the molecule is CCOC(=O)[C@@H](O[C@H]1[C@@H](O[C@H]2[C@H](OCc3ccccc3)[C@@H](OCc3ccccc3)[C@@H](OC)O[C@@H]2COCc2ccccc2)O[C@H](COC(C)=O)[C@@H](OCc2ccccc2)[C@@H]1OC(=O)c1ccccc1)c1ccccc1. The molecule has 0 saturated carbocycles. The third-order valence-electron chi connectivity index (χ3n) is 12.6. The van der Waals surface area contributed by atoms with Crippen molar-refractivity contribution in [3.8, 4) is 0 Å². The molecule has 394 valence electrons. The second-order valence-corrected chi connectivity index (χ2v) is 17.9. The Morgan fingerprint density at radius 3 is 1.48 bits per heavy atom. The van der Waals surface area contributed by atoms with Gasteiger partial charge in [-0.05, 0) is 46.9 Å². The van der Waals surface area contributed by atoms with E-state index in [9.17, 15) is 14.4 Å². The number of carbonyl (C=O) groups excluding carboxylic acids is 3. The van der Waals surface area contributed by atoms with E-state index in [0.29, 0.717) is 5.56 Å². The summed E-state index contributed by atoms with van der Waals surface area (Å²) in [6.07, 6.45) is -13.3. The van der Waals surface area contributed by atoms with Crippen LogP contribution in [0.4, 0.5) is 0 Å². The fourth-order valence-electron chi connectivity index (χ4n) is 8.90. The number of benzene rings is 6. The molecule has 2 heterocycles. The molecule has 0 bridgehead atoms. The Bertz CT molecular complexity index is 2610. The molecule has 6 aromatic rings. The smallest absolute Gasteiger partial charge is 0.339 e. The van der Waals surface area contributed by atoms with Crippen molar-refractivity contribution >= 4 is 17.9 Å². The van der Waals surface area contributed by atoms with Gasteiger partial charge in [0.1, 0.15) is 49.3 Å². The Balaban J connectivity index is 1.26. The van der Waals surface area contributed by atoms with Gasteiger partial charge in [0.05, 0.1) is 45.2 Å². The van der Waals surface area contributed by atoms with E-state index in [4.69, 9.17) is 56.8 Å². The van der Waals surface area contributed by atoms with Crippen LogP contribution in [0, 0.1) is 0 Å². The van der Waals surface area contributed by atoms with Crippen LogP contribution >= 0.6 is 0 Å². The number of hydrogen-bond acceptors (Lipinski definition) is 15. The Kier molecular flexibility index (Phi) is 20.6. The number of ether oxygens (including phenoxy) is 12. The molecule has 0 N–H and O–H groups in total. The van der Waals surface area contributed by atoms with E-state index in [2.05, 4.69) is 0 Å². The highest BCUT2D eigenvalue weighted by atomic mass is 16.8. The standard InChI is InChI=1S/C60H64O15/c1-4-66-58(63)50(46-31-19-9-20-32-46)73-56-54(74-57(62)47-33-21-10-22-34-47)51(68-36-43-25-13-6-14-26-43)49(40-67-41(2)61)72-60(56)75-52-48(39-65-35-42-23-11-5-12-24-42)71-59(64-3)55(70-38-45-29-17-8-18-30-45)53(52)69-37-44-27-15-7-16-28-44/h5-34,48-56,59-60H,4,35-40H2,1-3H3/t48-,49-,50+,51-,52-,53+,54+,55-,56-,59+,60-/m1/s1. The third kappa shape index (κ3) is 15.5. The Labute approximate surface area is 437 Å². The first-order valence-electron chi connectivity index (χ1n) is 25.1. The van der Waals surface area contributed by atoms with Crippen LogP contribution in [0.3, 0.4) is 0 Å². The maximum absolute atomic E-state index is 14.5. The molecule has 0 aliphatic carbocycles. The molecule has 75 heavy (non-hydrogen) atoms. The molecule has 2 saturated heterocycles. The highest BCUT2D eigenvalue weighted by molar-refractivity contribution is 5.89. The zero-order valence-corrected chi connectivity index (χ0v) is 42.2. The van der Waals surface area contributed by atoms with Crippen LogP contribution in [0.1, 0.15) is 58.1 Å². The average molecular weight is 1030 g/mol. The number of carbonyl (C=O) groups is 3. The summed E-state index contributed by atoms with van der Waals surface area (Å²) >= 11 is 0. The van der Waals surface area contributed by atoms with E-state index in [1.165, 1.54) is 14.0 Å². The highest BCUT2D eigenvalue weighted by Crippen LogP contribution is 2.38. The Morgan fingerprint density at radius 1 is 0.493 bits per heavy atom. The predicted octanol–water partition coefficient (Wildman–Crippen LogP) is 8.92. The lowest BCUT2D eigenvalue weighted by Crippen LogP contribution is -2.67. The molecular weight excluding hydrogens is 961 g/mol. The van der Waals surface area contributed by atoms with Crippen LogP contribution in [-0.2, 0) is 92.9 Å². The quantitative estimate of drug-likeness (QED) is 0.0394. The minimum absolute atomic E-state index is 0.00852. The van der Waals surface area contributed by atoms with E-state index in [1.54, 1.807) is 67.6 Å². The molecule has 0 aromatic heterocycles. The average Bonchev–Trinajstić information content (AvgIpc) is 3.45. The van der Waals surface area contributed by atoms with Crippen LogP contribution in [0.2, 0.25) is 0 Å². The van der Waals surface area contributed by atoms with Crippen molar-refractivity contribution in [2.24, 2.45) is 0 Å². The first-order chi connectivity index (χ1) is 36.8.